The van der Waals surface area contributed by atoms with Gasteiger partial charge in [0, 0.05) is 18.2 Å². The van der Waals surface area contributed by atoms with Gasteiger partial charge in [-0.3, -0.25) is 14.1 Å². The summed E-state index contributed by atoms with van der Waals surface area (Å²) in [5.41, 5.74) is 1.48. The van der Waals surface area contributed by atoms with E-state index in [4.69, 9.17) is 9.47 Å². The average molecular weight is 395 g/mol. The number of rotatable bonds is 6. The number of nitrogens with one attached hydrogen (secondary N) is 1. The van der Waals surface area contributed by atoms with Crippen molar-refractivity contribution in [1.82, 2.24) is 19.5 Å². The molecule has 0 atom stereocenters. The number of carbonyl (C=O) groups is 1. The number of ether oxygens (including phenoxy) is 2. The Labute approximate surface area is 169 Å². The molecule has 1 fully saturated rings. The van der Waals surface area contributed by atoms with Crippen molar-refractivity contribution in [1.29, 1.82) is 0 Å². The van der Waals surface area contributed by atoms with E-state index >= 15 is 0 Å². The van der Waals surface area contributed by atoms with Crippen LogP contribution in [0, 0.1) is 0 Å². The average Bonchev–Trinajstić information content (AvgIpc) is 3.18. The van der Waals surface area contributed by atoms with E-state index in [0.29, 0.717) is 29.6 Å². The molecule has 4 rings (SSSR count). The first-order valence-electron chi connectivity index (χ1n) is 9.72. The molecule has 8 heteroatoms. The number of carbonyl (C=O) groups excluding carboxylic acids is 1. The molecule has 29 heavy (non-hydrogen) atoms. The highest BCUT2D eigenvalue weighted by molar-refractivity contribution is 5.94. The zero-order valence-corrected chi connectivity index (χ0v) is 16.7. The molecule has 1 aliphatic rings. The number of anilines is 1. The number of hydrogen-bond acceptors (Lipinski definition) is 6. The zero-order chi connectivity index (χ0) is 20.2. The molecule has 0 unspecified atom stereocenters. The first-order chi connectivity index (χ1) is 14.2. The Morgan fingerprint density at radius 3 is 2.72 bits per heavy atom. The summed E-state index contributed by atoms with van der Waals surface area (Å²) in [4.78, 5) is 14.7. The highest BCUT2D eigenvalue weighted by Crippen LogP contribution is 2.29. The number of methoxy groups -OCH3 is 2. The van der Waals surface area contributed by atoms with Crippen LogP contribution in [0.4, 0.5) is 5.69 Å². The van der Waals surface area contributed by atoms with E-state index in [1.807, 2.05) is 24.4 Å². The van der Waals surface area contributed by atoms with Crippen LogP contribution in [-0.2, 0) is 4.79 Å². The summed E-state index contributed by atoms with van der Waals surface area (Å²) < 4.78 is 12.6. The molecule has 0 aliphatic carbocycles. The van der Waals surface area contributed by atoms with Crippen molar-refractivity contribution >= 4 is 17.2 Å². The Bertz CT molecular complexity index is 995. The van der Waals surface area contributed by atoms with Crippen LogP contribution < -0.4 is 14.8 Å². The maximum Gasteiger partial charge on any atom is 0.238 e. The van der Waals surface area contributed by atoms with Gasteiger partial charge in [-0.2, -0.15) is 0 Å². The van der Waals surface area contributed by atoms with Crippen LogP contribution in [0.2, 0.25) is 0 Å². The lowest BCUT2D eigenvalue weighted by atomic mass is 9.96. The predicted molar refractivity (Wildman–Crippen MR) is 110 cm³/mol. The number of piperidine rings is 1. The first-order valence-corrected chi connectivity index (χ1v) is 9.72. The number of aromatic nitrogens is 3. The summed E-state index contributed by atoms with van der Waals surface area (Å²) in [6, 6.07) is 11.3. The highest BCUT2D eigenvalue weighted by atomic mass is 16.5. The van der Waals surface area contributed by atoms with Crippen LogP contribution >= 0.6 is 0 Å². The van der Waals surface area contributed by atoms with Crippen molar-refractivity contribution in [3.63, 3.8) is 0 Å². The second-order valence-electron chi connectivity index (χ2n) is 7.15. The summed E-state index contributed by atoms with van der Waals surface area (Å²) in [6.45, 7) is 2.03. The minimum atomic E-state index is -0.0667. The SMILES string of the molecule is COc1ccc(OC)c(NC(=O)CN2CCC(c3nnc4ccccn34)CC2)c1. The molecule has 1 aliphatic heterocycles. The second kappa shape index (κ2) is 8.48. The Morgan fingerprint density at radius 1 is 1.14 bits per heavy atom. The van der Waals surface area contributed by atoms with Crippen molar-refractivity contribution < 1.29 is 14.3 Å². The third kappa shape index (κ3) is 4.17. The molecule has 1 N–H and O–H groups in total. The van der Waals surface area contributed by atoms with Gasteiger partial charge in [-0.05, 0) is 50.2 Å². The normalized spacial score (nSPS) is 15.4. The van der Waals surface area contributed by atoms with Gasteiger partial charge >= 0.3 is 0 Å². The van der Waals surface area contributed by atoms with Gasteiger partial charge in [0.05, 0.1) is 26.5 Å². The minimum Gasteiger partial charge on any atom is -0.497 e. The first kappa shape index (κ1) is 19.2. The largest absolute Gasteiger partial charge is 0.497 e. The fourth-order valence-electron chi connectivity index (χ4n) is 3.79. The van der Waals surface area contributed by atoms with E-state index in [-0.39, 0.29) is 5.91 Å². The summed E-state index contributed by atoms with van der Waals surface area (Å²) in [6.07, 6.45) is 3.91. The van der Waals surface area contributed by atoms with E-state index in [1.54, 1.807) is 32.4 Å². The number of hydrogen-bond donors (Lipinski definition) is 1. The number of likely N-dealkylation sites (tertiary alicyclic amines) is 1. The number of benzene rings is 1. The van der Waals surface area contributed by atoms with Gasteiger partial charge in [0.25, 0.3) is 0 Å². The minimum absolute atomic E-state index is 0.0667. The monoisotopic (exact) mass is 395 g/mol. The van der Waals surface area contributed by atoms with Gasteiger partial charge in [0.15, 0.2) is 5.65 Å². The highest BCUT2D eigenvalue weighted by Gasteiger charge is 2.25. The predicted octanol–water partition coefficient (Wildman–Crippen LogP) is 2.56. The number of fused-ring (bicyclic) bond motifs is 1. The molecule has 0 bridgehead atoms. The van der Waals surface area contributed by atoms with Crippen molar-refractivity contribution in [2.45, 2.75) is 18.8 Å². The molecule has 3 heterocycles. The van der Waals surface area contributed by atoms with Crippen LogP contribution in [0.1, 0.15) is 24.6 Å². The third-order valence-corrected chi connectivity index (χ3v) is 5.34. The topological polar surface area (TPSA) is 81.0 Å². The lowest BCUT2D eigenvalue weighted by Crippen LogP contribution is -2.39. The summed E-state index contributed by atoms with van der Waals surface area (Å²) in [5.74, 6) is 2.57. The number of amides is 1. The molecule has 1 saturated heterocycles. The van der Waals surface area contributed by atoms with E-state index in [9.17, 15) is 4.79 Å². The Balaban J connectivity index is 1.34. The lowest BCUT2D eigenvalue weighted by molar-refractivity contribution is -0.117. The van der Waals surface area contributed by atoms with E-state index < -0.39 is 0 Å². The molecule has 8 nitrogen and oxygen atoms in total. The molecule has 3 aromatic rings. The maximum absolute atomic E-state index is 12.6. The molecule has 0 saturated carbocycles. The van der Waals surface area contributed by atoms with Gasteiger partial charge in [-0.25, -0.2) is 0 Å². The van der Waals surface area contributed by atoms with E-state index in [0.717, 1.165) is 37.4 Å². The van der Waals surface area contributed by atoms with Crippen LogP contribution in [-0.4, -0.2) is 59.3 Å². The van der Waals surface area contributed by atoms with Crippen LogP contribution in [0.3, 0.4) is 0 Å². The molecule has 0 spiro atoms. The fourth-order valence-corrected chi connectivity index (χ4v) is 3.79. The van der Waals surface area contributed by atoms with E-state index in [1.165, 1.54) is 0 Å². The van der Waals surface area contributed by atoms with Crippen molar-refractivity contribution in [3.05, 3.63) is 48.4 Å². The van der Waals surface area contributed by atoms with Gasteiger partial charge in [0.2, 0.25) is 5.91 Å². The Morgan fingerprint density at radius 2 is 1.97 bits per heavy atom. The quantitative estimate of drug-likeness (QED) is 0.691. The summed E-state index contributed by atoms with van der Waals surface area (Å²) in [7, 11) is 3.17. The number of pyridine rings is 1. The van der Waals surface area contributed by atoms with Crippen molar-refractivity contribution in [2.75, 3.05) is 39.2 Å². The van der Waals surface area contributed by atoms with Gasteiger partial charge in [-0.15, -0.1) is 10.2 Å². The fraction of sp³-hybridized carbons (Fsp3) is 0.381. The molecular formula is C21H25N5O3. The van der Waals surface area contributed by atoms with Gasteiger partial charge < -0.3 is 14.8 Å². The van der Waals surface area contributed by atoms with Crippen molar-refractivity contribution in [2.24, 2.45) is 0 Å². The Hall–Kier alpha value is -3.13. The van der Waals surface area contributed by atoms with Crippen LogP contribution in [0.5, 0.6) is 11.5 Å². The van der Waals surface area contributed by atoms with Gasteiger partial charge in [0.1, 0.15) is 17.3 Å². The maximum atomic E-state index is 12.6. The molecular weight excluding hydrogens is 370 g/mol. The molecule has 1 amide bonds. The Kier molecular flexibility index (Phi) is 5.62. The number of nitrogens with zero attached hydrogens (tertiary/aromatic N) is 4. The van der Waals surface area contributed by atoms with Gasteiger partial charge in [-0.1, -0.05) is 6.07 Å². The standard InChI is InChI=1S/C21H25N5O3/c1-28-16-6-7-18(29-2)17(13-16)22-20(27)14-25-11-8-15(9-12-25)21-24-23-19-5-3-4-10-26(19)21/h3-7,10,13,15H,8-9,11-12,14H2,1-2H3,(H,22,27). The summed E-state index contributed by atoms with van der Waals surface area (Å²) in [5, 5.41) is 11.6. The van der Waals surface area contributed by atoms with Crippen LogP contribution in [0.25, 0.3) is 5.65 Å². The van der Waals surface area contributed by atoms with Crippen molar-refractivity contribution in [3.8, 4) is 11.5 Å². The second-order valence-corrected chi connectivity index (χ2v) is 7.15. The lowest BCUT2D eigenvalue weighted by Gasteiger charge is -2.30. The summed E-state index contributed by atoms with van der Waals surface area (Å²) >= 11 is 0. The smallest absolute Gasteiger partial charge is 0.238 e. The zero-order valence-electron chi connectivity index (χ0n) is 16.7. The molecule has 2 aromatic heterocycles. The van der Waals surface area contributed by atoms with Crippen LogP contribution in [0.15, 0.2) is 42.6 Å². The van der Waals surface area contributed by atoms with E-state index in [2.05, 4.69) is 24.8 Å². The third-order valence-electron chi connectivity index (χ3n) is 5.34. The molecule has 1 aromatic carbocycles. The molecule has 152 valence electrons. The molecule has 0 radical (unpaired) electrons.